The Morgan fingerprint density at radius 2 is 2.40 bits per heavy atom. The summed E-state index contributed by atoms with van der Waals surface area (Å²) in [5.74, 6) is 0. The van der Waals surface area contributed by atoms with Crippen molar-refractivity contribution in [2.75, 3.05) is 0 Å². The van der Waals surface area contributed by atoms with Crippen molar-refractivity contribution in [2.45, 2.75) is 0 Å². The minimum atomic E-state index is 1.38. The molecule has 25 valence electrons. The van der Waals surface area contributed by atoms with Crippen LogP contribution in [0.2, 0.25) is 0 Å². The fraction of sp³-hybridized carbons (Fsp3) is 0. The third-order valence-corrected chi connectivity index (χ3v) is 0.214. The van der Waals surface area contributed by atoms with Gasteiger partial charge in [-0.3, -0.25) is 0 Å². The van der Waals surface area contributed by atoms with Gasteiger partial charge in [-0.05, 0) is 13.0 Å². The Bertz CT molecular complexity index is 42.0. The minimum absolute atomic E-state index is 1.38. The van der Waals surface area contributed by atoms with Gasteiger partial charge in [0.25, 0.3) is 0 Å². The van der Waals surface area contributed by atoms with Crippen LogP contribution >= 0.6 is 0 Å². The van der Waals surface area contributed by atoms with Crippen molar-refractivity contribution in [2.24, 2.45) is 0 Å². The fourth-order valence-corrected chi connectivity index (χ4v) is 0.0680. The van der Waals surface area contributed by atoms with Crippen molar-refractivity contribution in [3.63, 3.8) is 0 Å². The van der Waals surface area contributed by atoms with Crippen LogP contribution in [-0.2, 0) is 0 Å². The lowest BCUT2D eigenvalue weighted by atomic mass is 10.5. The van der Waals surface area contributed by atoms with Crippen LogP contribution in [0.3, 0.4) is 0 Å². The topological polar surface area (TPSA) is 0 Å². The minimum Gasteiger partial charge on any atom is -0.0623 e. The van der Waals surface area contributed by atoms with Gasteiger partial charge in [0.1, 0.15) is 0 Å². The highest BCUT2D eigenvalue weighted by Gasteiger charge is 1.44. The second-order valence-electron chi connectivity index (χ2n) is 0.563. The number of hydrogen-bond donors (Lipinski definition) is 0. The van der Waals surface area contributed by atoms with Gasteiger partial charge in [-0.25, -0.2) is 0 Å². The normalized spacial score (nSPS) is 9.00. The highest BCUT2D eigenvalue weighted by Crippen LogP contribution is 1.61. The molecule has 3 radical (unpaired) electrons. The zero-order chi connectivity index (χ0) is 4.12. The molecule has 0 rings (SSSR count). The summed E-state index contributed by atoms with van der Waals surface area (Å²) in [4.78, 5) is 0. The van der Waals surface area contributed by atoms with E-state index >= 15 is 0 Å². The number of allylic oxidation sites excluding steroid dienone is 3. The highest BCUT2D eigenvalue weighted by molar-refractivity contribution is 4.91. The van der Waals surface area contributed by atoms with Crippen LogP contribution in [0.1, 0.15) is 0 Å². The van der Waals surface area contributed by atoms with Crippen LogP contribution in [0.4, 0.5) is 0 Å². The van der Waals surface area contributed by atoms with E-state index in [1.54, 1.807) is 6.08 Å². The first-order chi connectivity index (χ1) is 2.41. The largest absolute Gasteiger partial charge is 0.0623 e. The molecule has 0 aromatic heterocycles. The molecule has 0 fully saturated rings. The summed E-state index contributed by atoms with van der Waals surface area (Å²) in [5, 5.41) is 0. The van der Waals surface area contributed by atoms with E-state index in [0.717, 1.165) is 0 Å². The van der Waals surface area contributed by atoms with Crippen molar-refractivity contribution in [3.8, 4) is 0 Å². The molecule has 0 saturated carbocycles. The van der Waals surface area contributed by atoms with E-state index in [0.29, 0.717) is 0 Å². The van der Waals surface area contributed by atoms with Crippen molar-refractivity contribution in [1.29, 1.82) is 0 Å². The molecule has 0 amide bonds. The van der Waals surface area contributed by atoms with E-state index in [2.05, 4.69) is 13.0 Å². The van der Waals surface area contributed by atoms with Crippen molar-refractivity contribution in [3.05, 3.63) is 31.7 Å². The Balaban J connectivity index is 2.92. The maximum absolute atomic E-state index is 4.86. The summed E-state index contributed by atoms with van der Waals surface area (Å²) < 4.78 is 0. The van der Waals surface area contributed by atoms with E-state index in [-0.39, 0.29) is 0 Å². The Hall–Kier alpha value is -0.520. The first-order valence-corrected chi connectivity index (χ1v) is 1.31. The molecular formula is C5H5. The summed E-state index contributed by atoms with van der Waals surface area (Å²) >= 11 is 0. The molecule has 0 bridgehead atoms. The van der Waals surface area contributed by atoms with Gasteiger partial charge in [0.05, 0.1) is 0 Å². The van der Waals surface area contributed by atoms with E-state index in [1.807, 2.05) is 0 Å². The smallest absolute Gasteiger partial charge is 0.0235 e. The van der Waals surface area contributed by atoms with Crippen LogP contribution in [0.25, 0.3) is 0 Å². The Labute approximate surface area is 32.8 Å². The van der Waals surface area contributed by atoms with Gasteiger partial charge < -0.3 is 0 Å². The second-order valence-corrected chi connectivity index (χ2v) is 0.563. The third-order valence-electron chi connectivity index (χ3n) is 0.214. The standard InChI is InChI=1S/C5H5/c1-3-5-4-2/h1,3,5H,2H2. The van der Waals surface area contributed by atoms with E-state index in [9.17, 15) is 0 Å². The SMILES string of the molecule is [CH]=C/C=[C]/[CH2]. The quantitative estimate of drug-likeness (QED) is 0.402. The summed E-state index contributed by atoms with van der Waals surface area (Å²) in [6.07, 6.45) is 5.39. The molecule has 0 aliphatic rings. The highest BCUT2D eigenvalue weighted by atomic mass is 13.5. The molecule has 0 N–H and O–H groups in total. The molecule has 0 heterocycles. The van der Waals surface area contributed by atoms with E-state index in [1.165, 1.54) is 6.08 Å². The molecule has 5 heavy (non-hydrogen) atoms. The second kappa shape index (κ2) is 3.48. The van der Waals surface area contributed by atoms with Gasteiger partial charge in [-0.1, -0.05) is 18.7 Å². The van der Waals surface area contributed by atoms with Gasteiger partial charge in [-0.15, -0.1) is 0 Å². The number of hydrogen-bond acceptors (Lipinski definition) is 0. The van der Waals surface area contributed by atoms with Gasteiger partial charge in [0, 0.05) is 0 Å². The van der Waals surface area contributed by atoms with Crippen molar-refractivity contribution < 1.29 is 0 Å². The zero-order valence-corrected chi connectivity index (χ0v) is 2.94. The predicted molar refractivity (Wildman–Crippen MR) is 22.0 cm³/mol. The fourth-order valence-electron chi connectivity index (χ4n) is 0.0680. The maximum atomic E-state index is 4.86. The lowest BCUT2D eigenvalue weighted by Crippen LogP contribution is -1.36. The molecule has 0 unspecified atom stereocenters. The molecule has 0 aromatic rings. The summed E-state index contributed by atoms with van der Waals surface area (Å²) in [6.45, 7) is 8.11. The molecule has 0 aliphatic carbocycles. The van der Waals surface area contributed by atoms with Gasteiger partial charge in [0.2, 0.25) is 0 Å². The first-order valence-electron chi connectivity index (χ1n) is 1.31. The van der Waals surface area contributed by atoms with Crippen molar-refractivity contribution in [1.82, 2.24) is 0 Å². The number of rotatable bonds is 1. The summed E-state index contributed by atoms with van der Waals surface area (Å²) in [6, 6.07) is 0. The molecular weight excluding hydrogens is 60.1 g/mol. The van der Waals surface area contributed by atoms with Gasteiger partial charge in [-0.2, -0.15) is 0 Å². The van der Waals surface area contributed by atoms with Crippen LogP contribution in [0.15, 0.2) is 12.2 Å². The van der Waals surface area contributed by atoms with E-state index < -0.39 is 0 Å². The van der Waals surface area contributed by atoms with Crippen LogP contribution in [-0.4, -0.2) is 0 Å². The molecule has 0 saturated heterocycles. The van der Waals surface area contributed by atoms with Crippen molar-refractivity contribution >= 4 is 0 Å². The van der Waals surface area contributed by atoms with Gasteiger partial charge in [0.15, 0.2) is 0 Å². The average molecular weight is 65.1 g/mol. The van der Waals surface area contributed by atoms with Crippen LogP contribution in [0, 0.1) is 19.6 Å². The third kappa shape index (κ3) is 3.48. The molecule has 0 atom stereocenters. The first kappa shape index (κ1) is 4.48. The predicted octanol–water partition coefficient (Wildman–Crippen LogP) is 1.17. The van der Waals surface area contributed by atoms with E-state index in [4.69, 9.17) is 6.58 Å². The van der Waals surface area contributed by atoms with Gasteiger partial charge >= 0.3 is 0 Å². The lowest BCUT2D eigenvalue weighted by Gasteiger charge is -1.54. The zero-order valence-electron chi connectivity index (χ0n) is 2.94. The molecule has 0 aliphatic heterocycles. The monoisotopic (exact) mass is 65.0 g/mol. The Kier molecular flexibility index (Phi) is 3.12. The molecule has 0 nitrogen and oxygen atoms in total. The molecule has 0 heteroatoms. The Morgan fingerprint density at radius 1 is 1.80 bits per heavy atom. The maximum Gasteiger partial charge on any atom is -0.0235 e. The van der Waals surface area contributed by atoms with Crippen LogP contribution in [0.5, 0.6) is 0 Å². The summed E-state index contributed by atoms with van der Waals surface area (Å²) in [7, 11) is 0. The summed E-state index contributed by atoms with van der Waals surface area (Å²) in [5.41, 5.74) is 0. The van der Waals surface area contributed by atoms with Crippen LogP contribution < -0.4 is 0 Å². The lowest BCUT2D eigenvalue weighted by molar-refractivity contribution is 1.89. The molecule has 0 aromatic carbocycles. The molecule has 0 spiro atoms. The Morgan fingerprint density at radius 3 is 2.40 bits per heavy atom. The average Bonchev–Trinajstić information content (AvgIpc) is 1.41.